The summed E-state index contributed by atoms with van der Waals surface area (Å²) < 4.78 is 5.33. The molecule has 2 aromatic rings. The summed E-state index contributed by atoms with van der Waals surface area (Å²) in [4.78, 5) is 19.5. The van der Waals surface area contributed by atoms with Crippen LogP contribution in [0.15, 0.2) is 22.0 Å². The van der Waals surface area contributed by atoms with Gasteiger partial charge in [0.2, 0.25) is 17.6 Å². The fourth-order valence-electron chi connectivity index (χ4n) is 2.64. The number of nitrogens with zero attached hydrogens (tertiary/aromatic N) is 3. The van der Waals surface area contributed by atoms with Crippen molar-refractivity contribution in [3.05, 3.63) is 23.4 Å². The summed E-state index contributed by atoms with van der Waals surface area (Å²) in [5.74, 6) is 1.25. The van der Waals surface area contributed by atoms with Gasteiger partial charge >= 0.3 is 0 Å². The molecule has 21 heavy (non-hydrogen) atoms. The van der Waals surface area contributed by atoms with Crippen LogP contribution in [-0.2, 0) is 11.3 Å². The van der Waals surface area contributed by atoms with Gasteiger partial charge in [-0.1, -0.05) is 17.6 Å². The Morgan fingerprint density at radius 2 is 2.48 bits per heavy atom. The van der Waals surface area contributed by atoms with Crippen molar-refractivity contribution in [2.75, 3.05) is 13.6 Å². The van der Waals surface area contributed by atoms with Crippen LogP contribution in [0.3, 0.4) is 0 Å². The van der Waals surface area contributed by atoms with E-state index in [1.54, 1.807) is 18.4 Å². The summed E-state index contributed by atoms with van der Waals surface area (Å²) in [7, 11) is 1.68. The fraction of sp³-hybridized carbons (Fsp3) is 0.500. The van der Waals surface area contributed by atoms with Crippen LogP contribution in [0, 0.1) is 0 Å². The minimum Gasteiger partial charge on any atom is -0.358 e. The lowest BCUT2D eigenvalue weighted by Crippen LogP contribution is -2.48. The van der Waals surface area contributed by atoms with E-state index in [1.165, 1.54) is 0 Å². The van der Waals surface area contributed by atoms with Gasteiger partial charge in [-0.15, -0.1) is 11.3 Å². The Balaban J connectivity index is 1.71. The molecule has 1 atom stereocenters. The summed E-state index contributed by atoms with van der Waals surface area (Å²) in [5, 5.41) is 8.73. The van der Waals surface area contributed by atoms with Crippen LogP contribution in [-0.4, -0.2) is 40.6 Å². The zero-order valence-electron chi connectivity index (χ0n) is 11.9. The van der Waals surface area contributed by atoms with Gasteiger partial charge in [-0.25, -0.2) is 0 Å². The summed E-state index contributed by atoms with van der Waals surface area (Å²) >= 11 is 1.58. The van der Waals surface area contributed by atoms with Crippen molar-refractivity contribution in [3.8, 4) is 10.7 Å². The summed E-state index contributed by atoms with van der Waals surface area (Å²) in [6.45, 7) is 1.41. The van der Waals surface area contributed by atoms with E-state index in [9.17, 15) is 4.79 Å². The Labute approximate surface area is 127 Å². The maximum Gasteiger partial charge on any atom is 0.241 e. The van der Waals surface area contributed by atoms with Gasteiger partial charge in [0, 0.05) is 7.05 Å². The van der Waals surface area contributed by atoms with Crippen molar-refractivity contribution in [2.24, 2.45) is 0 Å². The summed E-state index contributed by atoms with van der Waals surface area (Å²) in [6.07, 6.45) is 3.06. The lowest BCUT2D eigenvalue weighted by atomic mass is 10.0. The Morgan fingerprint density at radius 1 is 1.57 bits per heavy atom. The lowest BCUT2D eigenvalue weighted by molar-refractivity contribution is -0.127. The SMILES string of the molecule is CNC(=O)C1CCCCN1Cc1nc(-c2cccs2)no1. The van der Waals surface area contributed by atoms with Crippen molar-refractivity contribution in [1.29, 1.82) is 0 Å². The number of likely N-dealkylation sites (tertiary alicyclic amines) is 1. The molecule has 0 bridgehead atoms. The van der Waals surface area contributed by atoms with Gasteiger partial charge in [0.1, 0.15) is 0 Å². The van der Waals surface area contributed by atoms with E-state index >= 15 is 0 Å². The standard InChI is InChI=1S/C14H18N4O2S/c1-15-14(19)10-5-2-3-7-18(10)9-12-16-13(17-20-12)11-6-4-8-21-11/h4,6,8,10H,2-3,5,7,9H2,1H3,(H,15,19). The molecular weight excluding hydrogens is 288 g/mol. The number of piperidine rings is 1. The number of rotatable bonds is 4. The third-order valence-corrected chi connectivity index (χ3v) is 4.58. The third-order valence-electron chi connectivity index (χ3n) is 3.71. The van der Waals surface area contributed by atoms with Crippen LogP contribution in [0.5, 0.6) is 0 Å². The van der Waals surface area contributed by atoms with Crippen LogP contribution >= 0.6 is 11.3 Å². The van der Waals surface area contributed by atoms with Gasteiger partial charge in [-0.05, 0) is 30.8 Å². The molecule has 1 saturated heterocycles. The maximum absolute atomic E-state index is 11.9. The van der Waals surface area contributed by atoms with Crippen LogP contribution in [0.1, 0.15) is 25.2 Å². The number of hydrogen-bond donors (Lipinski definition) is 1. The van der Waals surface area contributed by atoms with Crippen LogP contribution in [0.25, 0.3) is 10.7 Å². The number of carbonyl (C=O) groups excluding carboxylic acids is 1. The number of hydrogen-bond acceptors (Lipinski definition) is 6. The second-order valence-electron chi connectivity index (χ2n) is 5.09. The van der Waals surface area contributed by atoms with Crippen LogP contribution in [0.4, 0.5) is 0 Å². The molecule has 6 nitrogen and oxygen atoms in total. The first-order chi connectivity index (χ1) is 10.3. The summed E-state index contributed by atoms with van der Waals surface area (Å²) in [6, 6.07) is 3.83. The topological polar surface area (TPSA) is 71.3 Å². The van der Waals surface area contributed by atoms with Gasteiger partial charge in [-0.2, -0.15) is 4.98 Å². The van der Waals surface area contributed by atoms with E-state index in [2.05, 4.69) is 20.4 Å². The highest BCUT2D eigenvalue weighted by atomic mass is 32.1. The molecule has 0 radical (unpaired) electrons. The molecular formula is C14H18N4O2S. The van der Waals surface area contributed by atoms with E-state index in [1.807, 2.05) is 17.5 Å². The highest BCUT2D eigenvalue weighted by Crippen LogP contribution is 2.23. The smallest absolute Gasteiger partial charge is 0.241 e. The van der Waals surface area contributed by atoms with Crippen molar-refractivity contribution < 1.29 is 9.32 Å². The zero-order chi connectivity index (χ0) is 14.7. The molecule has 112 valence electrons. The van der Waals surface area contributed by atoms with Crippen molar-refractivity contribution in [2.45, 2.75) is 31.8 Å². The quantitative estimate of drug-likeness (QED) is 0.934. The largest absolute Gasteiger partial charge is 0.358 e. The molecule has 1 aliphatic rings. The average Bonchev–Trinajstić information content (AvgIpc) is 3.18. The predicted molar refractivity (Wildman–Crippen MR) is 79.7 cm³/mol. The molecule has 1 aliphatic heterocycles. The number of carbonyl (C=O) groups is 1. The molecule has 0 spiro atoms. The van der Waals surface area contributed by atoms with Gasteiger partial charge in [0.25, 0.3) is 0 Å². The first kappa shape index (κ1) is 14.2. The van der Waals surface area contributed by atoms with E-state index in [0.29, 0.717) is 18.3 Å². The van der Waals surface area contributed by atoms with E-state index in [4.69, 9.17) is 4.52 Å². The maximum atomic E-state index is 11.9. The molecule has 3 rings (SSSR count). The molecule has 1 N–H and O–H groups in total. The highest BCUT2D eigenvalue weighted by molar-refractivity contribution is 7.13. The van der Waals surface area contributed by atoms with E-state index in [0.717, 1.165) is 30.7 Å². The molecule has 2 aromatic heterocycles. The Hall–Kier alpha value is -1.73. The van der Waals surface area contributed by atoms with E-state index < -0.39 is 0 Å². The normalized spacial score (nSPS) is 19.6. The number of nitrogens with one attached hydrogen (secondary N) is 1. The minimum atomic E-state index is -0.0964. The van der Waals surface area contributed by atoms with Gasteiger partial charge in [-0.3, -0.25) is 9.69 Å². The van der Waals surface area contributed by atoms with Gasteiger partial charge in [0.15, 0.2) is 0 Å². The minimum absolute atomic E-state index is 0.0627. The Morgan fingerprint density at radius 3 is 3.24 bits per heavy atom. The monoisotopic (exact) mass is 306 g/mol. The Bertz CT molecular complexity index is 596. The first-order valence-corrected chi connectivity index (χ1v) is 7.98. The second kappa shape index (κ2) is 6.36. The number of amides is 1. The summed E-state index contributed by atoms with van der Waals surface area (Å²) in [5.41, 5.74) is 0. The van der Waals surface area contributed by atoms with Crippen molar-refractivity contribution in [3.63, 3.8) is 0 Å². The molecule has 0 aliphatic carbocycles. The molecule has 0 saturated carbocycles. The Kier molecular flexibility index (Phi) is 4.31. The van der Waals surface area contributed by atoms with Crippen LogP contribution < -0.4 is 5.32 Å². The molecule has 0 aromatic carbocycles. The fourth-order valence-corrected chi connectivity index (χ4v) is 3.29. The molecule has 1 fully saturated rings. The van der Waals surface area contributed by atoms with Gasteiger partial charge < -0.3 is 9.84 Å². The van der Waals surface area contributed by atoms with Crippen molar-refractivity contribution in [1.82, 2.24) is 20.4 Å². The molecule has 1 amide bonds. The van der Waals surface area contributed by atoms with E-state index in [-0.39, 0.29) is 11.9 Å². The van der Waals surface area contributed by atoms with Gasteiger partial charge in [0.05, 0.1) is 17.5 Å². The number of likely N-dealkylation sites (N-methyl/N-ethyl adjacent to an activating group) is 1. The predicted octanol–water partition coefficient (Wildman–Crippen LogP) is 1.90. The van der Waals surface area contributed by atoms with Crippen LogP contribution in [0.2, 0.25) is 0 Å². The molecule has 7 heteroatoms. The lowest BCUT2D eigenvalue weighted by Gasteiger charge is -2.33. The number of thiophene rings is 1. The molecule has 1 unspecified atom stereocenters. The van der Waals surface area contributed by atoms with Crippen molar-refractivity contribution >= 4 is 17.2 Å². The zero-order valence-corrected chi connectivity index (χ0v) is 12.7. The molecule has 3 heterocycles. The third kappa shape index (κ3) is 3.14. The number of aromatic nitrogens is 2. The highest BCUT2D eigenvalue weighted by Gasteiger charge is 2.29. The average molecular weight is 306 g/mol. The second-order valence-corrected chi connectivity index (χ2v) is 6.03. The first-order valence-electron chi connectivity index (χ1n) is 7.10.